The van der Waals surface area contributed by atoms with Gasteiger partial charge in [0, 0.05) is 0 Å². The molecule has 0 radical (unpaired) electrons. The van der Waals surface area contributed by atoms with Gasteiger partial charge in [-0.05, 0) is 89.2 Å². The minimum Gasteiger partial charge on any atom is -0.493 e. The third kappa shape index (κ3) is 7.57. The van der Waals surface area contributed by atoms with E-state index in [-0.39, 0.29) is 12.3 Å². The van der Waals surface area contributed by atoms with Crippen LogP contribution in [0.15, 0.2) is 117 Å². The number of halogens is 2. The Morgan fingerprint density at radius 3 is 2.29 bits per heavy atom. The molecule has 0 aliphatic rings. The number of carbonyl (C=O) groups excluding carboxylic acids is 1. The number of nitrogens with zero attached hydrogens (tertiary/aromatic N) is 1. The summed E-state index contributed by atoms with van der Waals surface area (Å²) in [4.78, 5) is 12.5. The molecule has 0 aromatic heterocycles. The number of rotatable bonds is 11. The summed E-state index contributed by atoms with van der Waals surface area (Å²) in [5.41, 5.74) is 6.38. The summed E-state index contributed by atoms with van der Waals surface area (Å²) in [6, 6.07) is 33.5. The van der Waals surface area contributed by atoms with Crippen LogP contribution in [0.1, 0.15) is 22.3 Å². The monoisotopic (exact) mass is 686 g/mol. The van der Waals surface area contributed by atoms with Crippen molar-refractivity contribution in [3.8, 4) is 17.2 Å². The van der Waals surface area contributed by atoms with Crippen molar-refractivity contribution in [1.82, 2.24) is 5.43 Å². The van der Waals surface area contributed by atoms with E-state index < -0.39 is 0 Å². The van der Waals surface area contributed by atoms with Gasteiger partial charge in [0.15, 0.2) is 11.5 Å². The molecule has 0 fully saturated rings. The van der Waals surface area contributed by atoms with Crippen molar-refractivity contribution >= 4 is 54.8 Å². The highest BCUT2D eigenvalue weighted by atomic mass is 79.9. The van der Waals surface area contributed by atoms with Gasteiger partial charge in [-0.1, -0.05) is 78.9 Å². The van der Waals surface area contributed by atoms with Crippen molar-refractivity contribution in [2.24, 2.45) is 5.10 Å². The lowest BCUT2D eigenvalue weighted by Crippen LogP contribution is -2.19. The van der Waals surface area contributed by atoms with Gasteiger partial charge in [-0.3, -0.25) is 4.79 Å². The molecule has 0 unspecified atom stereocenters. The van der Waals surface area contributed by atoms with E-state index in [4.69, 9.17) is 14.2 Å². The Bertz CT molecular complexity index is 1700. The minimum absolute atomic E-state index is 0.187. The molecule has 0 saturated heterocycles. The molecule has 212 valence electrons. The zero-order chi connectivity index (χ0) is 29.3. The van der Waals surface area contributed by atoms with Crippen LogP contribution in [0.3, 0.4) is 0 Å². The molecule has 0 spiro atoms. The number of amides is 1. The van der Waals surface area contributed by atoms with Gasteiger partial charge >= 0.3 is 0 Å². The quantitative estimate of drug-likeness (QED) is 0.112. The smallest absolute Gasteiger partial charge is 0.244 e. The summed E-state index contributed by atoms with van der Waals surface area (Å²) in [6.07, 6.45) is 1.84. The van der Waals surface area contributed by atoms with Crippen molar-refractivity contribution in [3.63, 3.8) is 0 Å². The summed E-state index contributed by atoms with van der Waals surface area (Å²) >= 11 is 7.19. The van der Waals surface area contributed by atoms with Crippen molar-refractivity contribution in [1.29, 1.82) is 0 Å². The van der Waals surface area contributed by atoms with Crippen LogP contribution in [0.4, 0.5) is 0 Å². The van der Waals surface area contributed by atoms with Crippen LogP contribution < -0.4 is 19.6 Å². The van der Waals surface area contributed by atoms with Gasteiger partial charge in [-0.2, -0.15) is 5.10 Å². The molecule has 1 N–H and O–H groups in total. The molecule has 42 heavy (non-hydrogen) atoms. The van der Waals surface area contributed by atoms with Gasteiger partial charge < -0.3 is 14.2 Å². The van der Waals surface area contributed by atoms with Crippen molar-refractivity contribution in [2.75, 3.05) is 7.11 Å². The zero-order valence-electron chi connectivity index (χ0n) is 22.8. The molecule has 5 rings (SSSR count). The molecule has 8 heteroatoms. The first-order valence-corrected chi connectivity index (χ1v) is 14.8. The van der Waals surface area contributed by atoms with Crippen molar-refractivity contribution in [3.05, 3.63) is 134 Å². The third-order valence-corrected chi connectivity index (χ3v) is 7.68. The first kappa shape index (κ1) is 29.4. The number of ether oxygens (including phenoxy) is 3. The largest absolute Gasteiger partial charge is 0.493 e. The van der Waals surface area contributed by atoms with E-state index >= 15 is 0 Å². The first-order valence-electron chi connectivity index (χ1n) is 13.2. The SMILES string of the molecule is COc1cc(COc2c(Br)cc(/C=N/NC(=O)Cc3cccc4ccccc34)cc2Br)ccc1OCc1ccccc1. The van der Waals surface area contributed by atoms with Crippen LogP contribution >= 0.6 is 31.9 Å². The van der Waals surface area contributed by atoms with Crippen LogP contribution in [0.5, 0.6) is 17.2 Å². The lowest BCUT2D eigenvalue weighted by Gasteiger charge is -2.14. The van der Waals surface area contributed by atoms with E-state index in [1.54, 1.807) is 13.3 Å². The van der Waals surface area contributed by atoms with Gasteiger partial charge in [0.05, 0.1) is 28.7 Å². The molecule has 0 aliphatic heterocycles. The van der Waals surface area contributed by atoms with Crippen LogP contribution in [0, 0.1) is 0 Å². The Balaban J connectivity index is 1.17. The van der Waals surface area contributed by atoms with E-state index in [0.29, 0.717) is 30.5 Å². The molecule has 5 aromatic rings. The molecule has 0 bridgehead atoms. The summed E-state index contributed by atoms with van der Waals surface area (Å²) in [5.74, 6) is 1.77. The lowest BCUT2D eigenvalue weighted by atomic mass is 10.0. The summed E-state index contributed by atoms with van der Waals surface area (Å²) < 4.78 is 19.1. The van der Waals surface area contributed by atoms with Gasteiger partial charge in [0.1, 0.15) is 19.0 Å². The number of carbonyl (C=O) groups is 1. The maximum Gasteiger partial charge on any atom is 0.244 e. The molecule has 1 amide bonds. The fraction of sp³-hybridized carbons (Fsp3) is 0.118. The maximum absolute atomic E-state index is 12.5. The Labute approximate surface area is 261 Å². The predicted molar refractivity (Wildman–Crippen MR) is 173 cm³/mol. The number of hydrogen-bond acceptors (Lipinski definition) is 5. The van der Waals surface area contributed by atoms with Gasteiger partial charge in [0.2, 0.25) is 5.91 Å². The fourth-order valence-electron chi connectivity index (χ4n) is 4.44. The Morgan fingerprint density at radius 2 is 1.50 bits per heavy atom. The van der Waals surface area contributed by atoms with Crippen LogP contribution in [0.25, 0.3) is 10.8 Å². The number of nitrogens with one attached hydrogen (secondary N) is 1. The van der Waals surface area contributed by atoms with Crippen molar-refractivity contribution in [2.45, 2.75) is 19.6 Å². The highest BCUT2D eigenvalue weighted by Crippen LogP contribution is 2.36. The zero-order valence-corrected chi connectivity index (χ0v) is 26.0. The normalized spacial score (nSPS) is 11.0. The van der Waals surface area contributed by atoms with Crippen LogP contribution in [0.2, 0.25) is 0 Å². The average Bonchev–Trinajstić information content (AvgIpc) is 3.00. The highest BCUT2D eigenvalue weighted by molar-refractivity contribution is 9.11. The third-order valence-electron chi connectivity index (χ3n) is 6.50. The first-order chi connectivity index (χ1) is 20.5. The second-order valence-electron chi connectivity index (χ2n) is 9.47. The predicted octanol–water partition coefficient (Wildman–Crippen LogP) is 8.22. The molecule has 0 saturated carbocycles. The van der Waals surface area contributed by atoms with E-state index in [1.807, 2.05) is 103 Å². The Hall–Kier alpha value is -4.14. The summed E-state index contributed by atoms with van der Waals surface area (Å²) in [6.45, 7) is 0.778. The number of benzene rings is 5. The Kier molecular flexibility index (Phi) is 9.90. The second kappa shape index (κ2) is 14.2. The molecule has 5 aromatic carbocycles. The fourth-order valence-corrected chi connectivity index (χ4v) is 5.89. The number of fused-ring (bicyclic) bond motifs is 1. The lowest BCUT2D eigenvalue weighted by molar-refractivity contribution is -0.120. The number of hydrazone groups is 1. The van der Waals surface area contributed by atoms with E-state index in [9.17, 15) is 4.79 Å². The van der Waals surface area contributed by atoms with E-state index in [2.05, 4.69) is 42.4 Å². The maximum atomic E-state index is 12.5. The van der Waals surface area contributed by atoms with Crippen molar-refractivity contribution < 1.29 is 19.0 Å². The van der Waals surface area contributed by atoms with E-state index in [1.165, 1.54) is 0 Å². The van der Waals surface area contributed by atoms with Gasteiger partial charge in [0.25, 0.3) is 0 Å². The Morgan fingerprint density at radius 1 is 0.786 bits per heavy atom. The molecule has 0 aliphatic carbocycles. The number of methoxy groups -OCH3 is 1. The molecule has 0 atom stereocenters. The highest BCUT2D eigenvalue weighted by Gasteiger charge is 2.12. The minimum atomic E-state index is -0.187. The number of hydrogen-bond donors (Lipinski definition) is 1. The van der Waals surface area contributed by atoms with Gasteiger partial charge in [-0.15, -0.1) is 0 Å². The molecule has 6 nitrogen and oxygen atoms in total. The molecular weight excluding hydrogens is 660 g/mol. The standard InChI is InChI=1S/C34H28Br2N2O4/c1-40-32-18-24(14-15-31(32)41-21-23-8-3-2-4-9-23)22-42-34-29(35)16-25(17-30(34)36)20-37-38-33(39)19-27-12-7-11-26-10-5-6-13-28(26)27/h2-18,20H,19,21-22H2,1H3,(H,38,39)/b37-20+. The van der Waals surface area contributed by atoms with E-state index in [0.717, 1.165) is 42.0 Å². The topological polar surface area (TPSA) is 69.2 Å². The second-order valence-corrected chi connectivity index (χ2v) is 11.2. The summed E-state index contributed by atoms with van der Waals surface area (Å²) in [7, 11) is 1.62. The van der Waals surface area contributed by atoms with Gasteiger partial charge in [-0.25, -0.2) is 5.43 Å². The van der Waals surface area contributed by atoms with Crippen LogP contribution in [-0.2, 0) is 24.4 Å². The van der Waals surface area contributed by atoms with Crippen LogP contribution in [-0.4, -0.2) is 19.2 Å². The summed E-state index contributed by atoms with van der Waals surface area (Å²) in [5, 5.41) is 6.32. The molecular formula is C34H28Br2N2O4. The molecule has 0 heterocycles. The average molecular weight is 688 g/mol.